The lowest BCUT2D eigenvalue weighted by Gasteiger charge is -2.06. The van der Waals surface area contributed by atoms with E-state index in [2.05, 4.69) is 33.6 Å². The van der Waals surface area contributed by atoms with Crippen LogP contribution in [0, 0.1) is 0 Å². The fraction of sp³-hybridized carbons (Fsp3) is 0.364. The molecule has 0 spiro atoms. The number of fused-ring (bicyclic) bond motifs is 1. The van der Waals surface area contributed by atoms with E-state index in [1.807, 2.05) is 0 Å². The van der Waals surface area contributed by atoms with E-state index in [0.717, 1.165) is 16.6 Å². The molecule has 1 amide bonds. The maximum atomic E-state index is 10.1. The molecular formula is C11H13ClN4OS. The van der Waals surface area contributed by atoms with Gasteiger partial charge in [-0.3, -0.25) is 4.79 Å². The Balaban J connectivity index is 2.24. The molecule has 0 unspecified atom stereocenters. The summed E-state index contributed by atoms with van der Waals surface area (Å²) >= 11 is 7.51. The molecule has 0 radical (unpaired) electrons. The van der Waals surface area contributed by atoms with E-state index in [4.69, 9.17) is 11.6 Å². The zero-order chi connectivity index (χ0) is 13.0. The van der Waals surface area contributed by atoms with Gasteiger partial charge in [-0.2, -0.15) is 0 Å². The Labute approximate surface area is 114 Å². The van der Waals surface area contributed by atoms with Gasteiger partial charge >= 0.3 is 0 Å². The second-order valence-corrected chi connectivity index (χ2v) is 5.08. The van der Waals surface area contributed by atoms with Crippen molar-refractivity contribution in [2.45, 2.75) is 13.3 Å². The first-order chi connectivity index (χ1) is 8.74. The Bertz CT molecular complexity index is 557. The van der Waals surface area contributed by atoms with Crippen LogP contribution in [0.25, 0.3) is 10.2 Å². The smallest absolute Gasteiger partial charge is 0.225 e. The molecule has 0 aliphatic rings. The number of nitrogens with zero attached hydrogens (tertiary/aromatic N) is 2. The molecule has 0 aliphatic carbocycles. The number of thiophene rings is 1. The van der Waals surface area contributed by atoms with Gasteiger partial charge in [0.25, 0.3) is 0 Å². The van der Waals surface area contributed by atoms with Gasteiger partial charge in [-0.15, -0.1) is 11.3 Å². The fourth-order valence-electron chi connectivity index (χ4n) is 1.57. The van der Waals surface area contributed by atoms with E-state index in [9.17, 15) is 4.79 Å². The number of halogens is 1. The molecule has 2 heterocycles. The molecule has 2 N–H and O–H groups in total. The summed E-state index contributed by atoms with van der Waals surface area (Å²) < 4.78 is 0. The highest BCUT2D eigenvalue weighted by molar-refractivity contribution is 7.18. The topological polar surface area (TPSA) is 66.9 Å². The number of carbonyl (C=O) groups excluding carboxylic acids is 1. The average molecular weight is 285 g/mol. The summed E-state index contributed by atoms with van der Waals surface area (Å²) in [7, 11) is 0. The maximum absolute atomic E-state index is 10.1. The van der Waals surface area contributed by atoms with Crippen molar-refractivity contribution < 1.29 is 4.79 Å². The number of hydrogen-bond acceptors (Lipinski definition) is 5. The van der Waals surface area contributed by atoms with Crippen molar-refractivity contribution in [3.63, 3.8) is 0 Å². The third kappa shape index (κ3) is 2.88. The highest BCUT2D eigenvalue weighted by atomic mass is 35.5. The molecule has 18 heavy (non-hydrogen) atoms. The number of hydrogen-bond donors (Lipinski definition) is 2. The number of aryl methyl sites for hydroxylation is 1. The van der Waals surface area contributed by atoms with Gasteiger partial charge in [-0.25, -0.2) is 9.97 Å². The van der Waals surface area contributed by atoms with Crippen LogP contribution in [0.1, 0.15) is 11.8 Å². The molecule has 0 saturated carbocycles. The number of amides is 1. The van der Waals surface area contributed by atoms with E-state index in [-0.39, 0.29) is 5.28 Å². The van der Waals surface area contributed by atoms with Gasteiger partial charge in [0.1, 0.15) is 10.6 Å². The van der Waals surface area contributed by atoms with Crippen molar-refractivity contribution in [2.24, 2.45) is 0 Å². The molecule has 2 rings (SSSR count). The van der Waals surface area contributed by atoms with Crippen LogP contribution in [0.15, 0.2) is 6.07 Å². The van der Waals surface area contributed by atoms with Crippen LogP contribution < -0.4 is 10.6 Å². The van der Waals surface area contributed by atoms with E-state index < -0.39 is 0 Å². The van der Waals surface area contributed by atoms with Crippen molar-refractivity contribution in [3.8, 4) is 0 Å². The summed E-state index contributed by atoms with van der Waals surface area (Å²) in [5, 5.41) is 6.94. The maximum Gasteiger partial charge on any atom is 0.225 e. The van der Waals surface area contributed by atoms with Crippen molar-refractivity contribution in [3.05, 3.63) is 16.2 Å². The molecule has 2 aromatic heterocycles. The van der Waals surface area contributed by atoms with Crippen LogP contribution in [0.4, 0.5) is 5.82 Å². The molecule has 0 aliphatic heterocycles. The van der Waals surface area contributed by atoms with Gasteiger partial charge in [0.2, 0.25) is 11.7 Å². The monoisotopic (exact) mass is 284 g/mol. The highest BCUT2D eigenvalue weighted by Crippen LogP contribution is 2.30. The zero-order valence-corrected chi connectivity index (χ0v) is 11.4. The van der Waals surface area contributed by atoms with E-state index in [1.165, 1.54) is 4.88 Å². The minimum atomic E-state index is 0.234. The summed E-state index contributed by atoms with van der Waals surface area (Å²) in [5.74, 6) is 0.716. The van der Waals surface area contributed by atoms with Crippen LogP contribution in [-0.2, 0) is 11.2 Å². The van der Waals surface area contributed by atoms with Gasteiger partial charge in [-0.1, -0.05) is 6.92 Å². The Morgan fingerprint density at radius 1 is 1.44 bits per heavy atom. The van der Waals surface area contributed by atoms with Gasteiger partial charge in [0.15, 0.2) is 0 Å². The molecule has 0 atom stereocenters. The molecule has 5 nitrogen and oxygen atoms in total. The van der Waals surface area contributed by atoms with Gasteiger partial charge in [0, 0.05) is 18.0 Å². The van der Waals surface area contributed by atoms with Crippen LogP contribution in [0.2, 0.25) is 5.28 Å². The Kier molecular flexibility index (Phi) is 4.33. The molecule has 0 saturated heterocycles. The largest absolute Gasteiger partial charge is 0.368 e. The van der Waals surface area contributed by atoms with E-state index in [1.54, 1.807) is 11.3 Å². The lowest BCUT2D eigenvalue weighted by atomic mass is 10.3. The molecule has 0 fully saturated rings. The van der Waals surface area contributed by atoms with E-state index in [0.29, 0.717) is 25.3 Å². The molecule has 0 aromatic carbocycles. The van der Waals surface area contributed by atoms with Crippen molar-refractivity contribution in [2.75, 3.05) is 18.4 Å². The Morgan fingerprint density at radius 3 is 3.00 bits per heavy atom. The molecule has 7 heteroatoms. The van der Waals surface area contributed by atoms with Crippen molar-refractivity contribution in [1.82, 2.24) is 15.3 Å². The standard InChI is InChI=1S/C11H13ClN4OS/c1-2-7-5-8-9(14-4-3-13-6-17)15-11(12)16-10(8)18-7/h5-6H,2-4H2,1H3,(H,13,17)(H,14,15,16). The molecule has 96 valence electrons. The summed E-state index contributed by atoms with van der Waals surface area (Å²) in [5.41, 5.74) is 0. The highest BCUT2D eigenvalue weighted by Gasteiger charge is 2.09. The predicted octanol–water partition coefficient (Wildman–Crippen LogP) is 2.06. The quantitative estimate of drug-likeness (QED) is 0.484. The number of rotatable bonds is 6. The van der Waals surface area contributed by atoms with Crippen LogP contribution in [-0.4, -0.2) is 29.5 Å². The summed E-state index contributed by atoms with van der Waals surface area (Å²) in [6.45, 7) is 3.23. The lowest BCUT2D eigenvalue weighted by molar-refractivity contribution is -0.109. The van der Waals surface area contributed by atoms with E-state index >= 15 is 0 Å². The second-order valence-electron chi connectivity index (χ2n) is 3.63. The van der Waals surface area contributed by atoms with Crippen molar-refractivity contribution >= 4 is 45.4 Å². The first-order valence-electron chi connectivity index (χ1n) is 5.61. The van der Waals surface area contributed by atoms with Gasteiger partial charge in [0.05, 0.1) is 5.39 Å². The lowest BCUT2D eigenvalue weighted by Crippen LogP contribution is -2.20. The number of anilines is 1. The fourth-order valence-corrected chi connectivity index (χ4v) is 2.75. The third-order valence-electron chi connectivity index (χ3n) is 2.41. The average Bonchev–Trinajstić information content (AvgIpc) is 2.77. The number of nitrogens with one attached hydrogen (secondary N) is 2. The molecular weight excluding hydrogens is 272 g/mol. The van der Waals surface area contributed by atoms with Crippen LogP contribution >= 0.6 is 22.9 Å². The SMILES string of the molecule is CCc1cc2c(NCCNC=O)nc(Cl)nc2s1. The second kappa shape index (κ2) is 5.97. The van der Waals surface area contributed by atoms with Crippen LogP contribution in [0.5, 0.6) is 0 Å². The number of carbonyl (C=O) groups is 1. The zero-order valence-electron chi connectivity index (χ0n) is 9.86. The summed E-state index contributed by atoms with van der Waals surface area (Å²) in [6.07, 6.45) is 1.63. The molecule has 0 bridgehead atoms. The molecule has 2 aromatic rings. The van der Waals surface area contributed by atoms with Gasteiger partial charge in [-0.05, 0) is 24.1 Å². The van der Waals surface area contributed by atoms with Gasteiger partial charge < -0.3 is 10.6 Å². The Hall–Kier alpha value is -1.40. The normalized spacial score (nSPS) is 10.6. The Morgan fingerprint density at radius 2 is 2.28 bits per heavy atom. The number of aromatic nitrogens is 2. The first kappa shape index (κ1) is 13.0. The summed E-state index contributed by atoms with van der Waals surface area (Å²) in [4.78, 5) is 20.7. The predicted molar refractivity (Wildman–Crippen MR) is 74.4 cm³/mol. The summed E-state index contributed by atoms with van der Waals surface area (Å²) in [6, 6.07) is 2.08. The minimum absolute atomic E-state index is 0.234. The third-order valence-corrected chi connectivity index (χ3v) is 3.75. The minimum Gasteiger partial charge on any atom is -0.368 e. The van der Waals surface area contributed by atoms with Crippen LogP contribution in [0.3, 0.4) is 0 Å². The first-order valence-corrected chi connectivity index (χ1v) is 6.81. The van der Waals surface area contributed by atoms with Crippen molar-refractivity contribution in [1.29, 1.82) is 0 Å².